The van der Waals surface area contributed by atoms with Crippen molar-refractivity contribution in [3.63, 3.8) is 0 Å². The molecule has 19 heavy (non-hydrogen) atoms. The van der Waals surface area contributed by atoms with E-state index in [-0.39, 0.29) is 0 Å². The number of sulfone groups is 1. The van der Waals surface area contributed by atoms with E-state index in [0.717, 1.165) is 25.7 Å². The fraction of sp³-hybridized carbons (Fsp3) is 1.00. The fourth-order valence-corrected chi connectivity index (χ4v) is 4.44. The lowest BCUT2D eigenvalue weighted by Crippen LogP contribution is -2.16. The summed E-state index contributed by atoms with van der Waals surface area (Å²) in [5.74, 6) is 3.09. The van der Waals surface area contributed by atoms with Gasteiger partial charge in [0.15, 0.2) is 0 Å². The molecule has 0 heterocycles. The van der Waals surface area contributed by atoms with Gasteiger partial charge < -0.3 is 0 Å². The van der Waals surface area contributed by atoms with E-state index in [4.69, 9.17) is 0 Å². The average Bonchev–Trinajstić information content (AvgIpc) is 2.22. The van der Waals surface area contributed by atoms with Gasteiger partial charge in [-0.15, -0.1) is 0 Å². The van der Waals surface area contributed by atoms with E-state index >= 15 is 0 Å². The van der Waals surface area contributed by atoms with Crippen LogP contribution in [-0.4, -0.2) is 19.9 Å². The normalized spacial score (nSPS) is 16.0. The minimum atomic E-state index is -2.84. The van der Waals surface area contributed by atoms with Crippen LogP contribution in [0.5, 0.6) is 0 Å². The standard InChI is InChI=1S/C16H34O2S/c1-13(2)11-15(5)7-9-19(17,18)10-8-16(6)12-14(3)4/h13-16H,7-12H2,1-6H3. The molecule has 0 saturated carbocycles. The molecular formula is C16H34O2S. The Morgan fingerprint density at radius 1 is 0.684 bits per heavy atom. The van der Waals surface area contributed by atoms with E-state index in [2.05, 4.69) is 41.5 Å². The lowest BCUT2D eigenvalue weighted by Gasteiger charge is -2.16. The predicted molar refractivity (Wildman–Crippen MR) is 85.1 cm³/mol. The van der Waals surface area contributed by atoms with Gasteiger partial charge in [-0.1, -0.05) is 41.5 Å². The van der Waals surface area contributed by atoms with Crippen molar-refractivity contribution in [1.82, 2.24) is 0 Å². The van der Waals surface area contributed by atoms with Gasteiger partial charge >= 0.3 is 0 Å². The maximum Gasteiger partial charge on any atom is 0.150 e. The van der Waals surface area contributed by atoms with E-state index in [0.29, 0.717) is 35.2 Å². The van der Waals surface area contributed by atoms with Gasteiger partial charge in [0.05, 0.1) is 11.5 Å². The van der Waals surface area contributed by atoms with E-state index < -0.39 is 9.84 Å². The highest BCUT2D eigenvalue weighted by molar-refractivity contribution is 7.91. The molecule has 3 heteroatoms. The van der Waals surface area contributed by atoms with Crippen molar-refractivity contribution in [3.8, 4) is 0 Å². The molecule has 0 aromatic heterocycles. The van der Waals surface area contributed by atoms with Crippen molar-refractivity contribution in [1.29, 1.82) is 0 Å². The van der Waals surface area contributed by atoms with Crippen LogP contribution in [0, 0.1) is 23.7 Å². The van der Waals surface area contributed by atoms with Gasteiger partial charge in [-0.2, -0.15) is 0 Å². The second-order valence-electron chi connectivity index (χ2n) is 7.20. The molecule has 0 aliphatic carbocycles. The largest absolute Gasteiger partial charge is 0.229 e. The fourth-order valence-electron chi connectivity index (χ4n) is 2.71. The highest BCUT2D eigenvalue weighted by Gasteiger charge is 2.16. The molecule has 116 valence electrons. The zero-order valence-corrected chi connectivity index (χ0v) is 14.6. The minimum absolute atomic E-state index is 0.370. The molecule has 0 spiro atoms. The van der Waals surface area contributed by atoms with E-state index in [9.17, 15) is 8.42 Å². The molecule has 0 N–H and O–H groups in total. The summed E-state index contributed by atoms with van der Waals surface area (Å²) in [6, 6.07) is 0. The third-order valence-electron chi connectivity index (χ3n) is 3.59. The summed E-state index contributed by atoms with van der Waals surface area (Å²) in [5, 5.41) is 0. The molecule has 0 aromatic carbocycles. The first-order valence-corrected chi connectivity index (χ1v) is 9.65. The Morgan fingerprint density at radius 2 is 1.00 bits per heavy atom. The maximum absolute atomic E-state index is 12.0. The summed E-state index contributed by atoms with van der Waals surface area (Å²) in [5.41, 5.74) is 0. The summed E-state index contributed by atoms with van der Waals surface area (Å²) in [4.78, 5) is 0. The Morgan fingerprint density at radius 3 is 1.26 bits per heavy atom. The highest BCUT2D eigenvalue weighted by atomic mass is 32.2. The molecule has 0 rings (SSSR count). The minimum Gasteiger partial charge on any atom is -0.229 e. The number of hydrogen-bond acceptors (Lipinski definition) is 2. The third-order valence-corrected chi connectivity index (χ3v) is 5.31. The van der Waals surface area contributed by atoms with Crippen LogP contribution in [0.25, 0.3) is 0 Å². The van der Waals surface area contributed by atoms with Crippen LogP contribution in [0.1, 0.15) is 67.2 Å². The van der Waals surface area contributed by atoms with Crippen LogP contribution < -0.4 is 0 Å². The van der Waals surface area contributed by atoms with Gasteiger partial charge in [0.2, 0.25) is 0 Å². The molecule has 0 amide bonds. The lowest BCUT2D eigenvalue weighted by atomic mass is 9.97. The second-order valence-corrected chi connectivity index (χ2v) is 9.50. The Kier molecular flexibility index (Phi) is 8.97. The molecule has 0 aliphatic rings. The molecule has 0 radical (unpaired) electrons. The molecule has 0 bridgehead atoms. The second kappa shape index (κ2) is 8.99. The first kappa shape index (κ1) is 18.9. The van der Waals surface area contributed by atoms with E-state index in [1.165, 1.54) is 0 Å². The first-order chi connectivity index (χ1) is 8.62. The highest BCUT2D eigenvalue weighted by Crippen LogP contribution is 2.18. The monoisotopic (exact) mass is 290 g/mol. The van der Waals surface area contributed by atoms with E-state index in [1.807, 2.05) is 0 Å². The van der Waals surface area contributed by atoms with Crippen molar-refractivity contribution in [2.45, 2.75) is 67.2 Å². The van der Waals surface area contributed by atoms with Gasteiger partial charge in [0.1, 0.15) is 9.84 Å². The van der Waals surface area contributed by atoms with Crippen LogP contribution in [0.2, 0.25) is 0 Å². The Hall–Kier alpha value is -0.0500. The summed E-state index contributed by atoms with van der Waals surface area (Å²) in [7, 11) is -2.84. The van der Waals surface area contributed by atoms with Crippen molar-refractivity contribution < 1.29 is 8.42 Å². The van der Waals surface area contributed by atoms with E-state index in [1.54, 1.807) is 0 Å². The zero-order valence-electron chi connectivity index (χ0n) is 13.8. The molecular weight excluding hydrogens is 256 g/mol. The SMILES string of the molecule is CC(C)CC(C)CCS(=O)(=O)CCC(C)CC(C)C. The Balaban J connectivity index is 3.99. The first-order valence-electron chi connectivity index (χ1n) is 7.82. The number of hydrogen-bond donors (Lipinski definition) is 0. The molecule has 0 saturated heterocycles. The molecule has 0 aliphatic heterocycles. The molecule has 0 fully saturated rings. The van der Waals surface area contributed by atoms with Gasteiger partial charge in [0, 0.05) is 0 Å². The van der Waals surface area contributed by atoms with Gasteiger partial charge in [-0.25, -0.2) is 8.42 Å². The number of rotatable bonds is 10. The van der Waals surface area contributed by atoms with Crippen molar-refractivity contribution in [2.24, 2.45) is 23.7 Å². The van der Waals surface area contributed by atoms with Crippen LogP contribution in [0.4, 0.5) is 0 Å². The molecule has 0 aromatic rings. The zero-order chi connectivity index (χ0) is 15.1. The quantitative estimate of drug-likeness (QED) is 0.591. The summed E-state index contributed by atoms with van der Waals surface area (Å²) in [6.07, 6.45) is 3.89. The Bertz CT molecular complexity index is 292. The summed E-state index contributed by atoms with van der Waals surface area (Å²) >= 11 is 0. The van der Waals surface area contributed by atoms with Gasteiger partial charge in [0.25, 0.3) is 0 Å². The predicted octanol–water partition coefficient (Wildman–Crippen LogP) is 4.55. The molecule has 2 atom stereocenters. The lowest BCUT2D eigenvalue weighted by molar-refractivity contribution is 0.422. The summed E-state index contributed by atoms with van der Waals surface area (Å²) in [6.45, 7) is 13.1. The molecule has 2 unspecified atom stereocenters. The summed E-state index contributed by atoms with van der Waals surface area (Å²) < 4.78 is 24.0. The van der Waals surface area contributed by atoms with Crippen molar-refractivity contribution in [2.75, 3.05) is 11.5 Å². The van der Waals surface area contributed by atoms with Crippen LogP contribution >= 0.6 is 0 Å². The van der Waals surface area contributed by atoms with Crippen molar-refractivity contribution >= 4 is 9.84 Å². The topological polar surface area (TPSA) is 34.1 Å². The van der Waals surface area contributed by atoms with Crippen LogP contribution in [0.3, 0.4) is 0 Å². The van der Waals surface area contributed by atoms with Crippen LogP contribution in [0.15, 0.2) is 0 Å². The van der Waals surface area contributed by atoms with Crippen molar-refractivity contribution in [3.05, 3.63) is 0 Å². The average molecular weight is 291 g/mol. The molecule has 2 nitrogen and oxygen atoms in total. The third kappa shape index (κ3) is 11.5. The van der Waals surface area contributed by atoms with Gasteiger partial charge in [-0.3, -0.25) is 0 Å². The Labute approximate surface area is 121 Å². The van der Waals surface area contributed by atoms with Gasteiger partial charge in [-0.05, 0) is 49.4 Å². The smallest absolute Gasteiger partial charge is 0.150 e. The maximum atomic E-state index is 12.0. The van der Waals surface area contributed by atoms with Crippen LogP contribution in [-0.2, 0) is 9.84 Å².